The van der Waals surface area contributed by atoms with Crippen molar-refractivity contribution in [1.29, 1.82) is 0 Å². The van der Waals surface area contributed by atoms with E-state index >= 15 is 0 Å². The van der Waals surface area contributed by atoms with E-state index in [2.05, 4.69) is 34.7 Å². The minimum absolute atomic E-state index is 0.0135. The van der Waals surface area contributed by atoms with Crippen LogP contribution in [0, 0.1) is 5.92 Å². The van der Waals surface area contributed by atoms with Gasteiger partial charge in [-0.15, -0.1) is 6.58 Å². The Morgan fingerprint density at radius 1 is 0.972 bits per heavy atom. The molecule has 0 aliphatic heterocycles. The Morgan fingerprint density at radius 2 is 1.67 bits per heavy atom. The Balaban J connectivity index is 1.55. The number of nitrogens with one attached hydrogen (secondary N) is 3. The summed E-state index contributed by atoms with van der Waals surface area (Å²) in [7, 11) is 1.57. The summed E-state index contributed by atoms with van der Waals surface area (Å²) in [5.74, 6) is 0.533. The quantitative estimate of drug-likeness (QED) is 0.394. The molecule has 0 unspecified atom stereocenters. The smallest absolute Gasteiger partial charge is 0.255 e. The van der Waals surface area contributed by atoms with Crippen molar-refractivity contribution in [3.63, 3.8) is 0 Å². The van der Waals surface area contributed by atoms with Gasteiger partial charge < -0.3 is 20.7 Å². The lowest BCUT2D eigenvalue weighted by Crippen LogP contribution is -2.43. The van der Waals surface area contributed by atoms with E-state index in [0.29, 0.717) is 36.7 Å². The van der Waals surface area contributed by atoms with Gasteiger partial charge >= 0.3 is 0 Å². The lowest BCUT2D eigenvalue weighted by atomic mass is 9.66. The summed E-state index contributed by atoms with van der Waals surface area (Å²) in [6, 6.07) is 17.6. The van der Waals surface area contributed by atoms with Crippen molar-refractivity contribution in [3.8, 4) is 5.75 Å². The maximum absolute atomic E-state index is 13.0. The van der Waals surface area contributed by atoms with Crippen molar-refractivity contribution >= 4 is 17.7 Å². The minimum Gasteiger partial charge on any atom is -0.496 e. The zero-order chi connectivity index (χ0) is 25.8. The maximum atomic E-state index is 13.0. The van der Waals surface area contributed by atoms with Gasteiger partial charge in [0.15, 0.2) is 0 Å². The molecule has 1 saturated carbocycles. The molecule has 0 aromatic heterocycles. The van der Waals surface area contributed by atoms with E-state index in [9.17, 15) is 14.4 Å². The van der Waals surface area contributed by atoms with E-state index in [1.54, 1.807) is 25.3 Å². The van der Waals surface area contributed by atoms with Gasteiger partial charge in [0.2, 0.25) is 11.8 Å². The summed E-state index contributed by atoms with van der Waals surface area (Å²) in [6.07, 6.45) is 6.61. The Kier molecular flexibility index (Phi) is 10.1. The van der Waals surface area contributed by atoms with Gasteiger partial charge in [0.1, 0.15) is 5.75 Å². The molecule has 0 bridgehead atoms. The van der Waals surface area contributed by atoms with Crippen LogP contribution in [0.25, 0.3) is 0 Å². The second-order valence-corrected chi connectivity index (χ2v) is 9.38. The standard InChI is InChI=1S/C29H37N3O4/c1-3-19-30-27(34)20-31-26(33)14-13-22-15-17-29(18-16-22,23-9-5-4-6-10-23)21-32-28(35)24-11-7-8-12-25(24)36-2/h3-12,22H,1,13-21H2,2H3,(H,30,34)(H,31,33)(H,32,35). The molecule has 1 fully saturated rings. The molecule has 3 amide bonds. The number of rotatable bonds is 12. The van der Waals surface area contributed by atoms with Gasteiger partial charge in [-0.2, -0.15) is 0 Å². The summed E-state index contributed by atoms with van der Waals surface area (Å²) in [6.45, 7) is 4.47. The third-order valence-corrected chi connectivity index (χ3v) is 7.06. The van der Waals surface area contributed by atoms with Gasteiger partial charge in [-0.1, -0.05) is 48.5 Å². The summed E-state index contributed by atoms with van der Waals surface area (Å²) in [5.41, 5.74) is 1.61. The van der Waals surface area contributed by atoms with Crippen molar-refractivity contribution in [3.05, 3.63) is 78.4 Å². The number of hydrogen-bond acceptors (Lipinski definition) is 4. The molecule has 0 atom stereocenters. The molecule has 1 aliphatic carbocycles. The van der Waals surface area contributed by atoms with Gasteiger partial charge in [0.25, 0.3) is 5.91 Å². The molecule has 192 valence electrons. The number of methoxy groups -OCH3 is 1. The van der Waals surface area contributed by atoms with Gasteiger partial charge in [0, 0.05) is 24.9 Å². The molecule has 2 aromatic rings. The summed E-state index contributed by atoms with van der Waals surface area (Å²) in [5, 5.41) is 8.50. The van der Waals surface area contributed by atoms with Crippen LogP contribution in [0.15, 0.2) is 67.3 Å². The molecule has 0 radical (unpaired) electrons. The minimum atomic E-state index is -0.219. The van der Waals surface area contributed by atoms with Crippen molar-refractivity contribution in [1.82, 2.24) is 16.0 Å². The molecular weight excluding hydrogens is 454 g/mol. The number of benzene rings is 2. The van der Waals surface area contributed by atoms with E-state index < -0.39 is 0 Å². The molecule has 36 heavy (non-hydrogen) atoms. The predicted octanol–water partition coefficient (Wildman–Crippen LogP) is 3.75. The molecule has 7 heteroatoms. The molecular formula is C29H37N3O4. The molecule has 3 N–H and O–H groups in total. The number of ether oxygens (including phenoxy) is 1. The average Bonchev–Trinajstić information content (AvgIpc) is 2.93. The van der Waals surface area contributed by atoms with Crippen molar-refractivity contribution in [2.75, 3.05) is 26.7 Å². The van der Waals surface area contributed by atoms with Crippen LogP contribution >= 0.6 is 0 Å². The predicted molar refractivity (Wildman–Crippen MR) is 141 cm³/mol. The van der Waals surface area contributed by atoms with Gasteiger partial charge in [-0.25, -0.2) is 0 Å². The summed E-state index contributed by atoms with van der Waals surface area (Å²) >= 11 is 0. The number of para-hydroxylation sites is 1. The fourth-order valence-corrected chi connectivity index (χ4v) is 4.91. The lowest BCUT2D eigenvalue weighted by molar-refractivity contribution is -0.126. The third kappa shape index (κ3) is 7.44. The SMILES string of the molecule is C=CCNC(=O)CNC(=O)CCC1CCC(CNC(=O)c2ccccc2OC)(c2ccccc2)CC1. The van der Waals surface area contributed by atoms with E-state index in [4.69, 9.17) is 4.74 Å². The number of hydrogen-bond donors (Lipinski definition) is 3. The average molecular weight is 492 g/mol. The molecule has 7 nitrogen and oxygen atoms in total. The van der Waals surface area contributed by atoms with Crippen LogP contribution in [-0.2, 0) is 15.0 Å². The van der Waals surface area contributed by atoms with Crippen LogP contribution in [0.3, 0.4) is 0 Å². The highest BCUT2D eigenvalue weighted by Gasteiger charge is 2.37. The first-order valence-corrected chi connectivity index (χ1v) is 12.6. The van der Waals surface area contributed by atoms with Crippen LogP contribution in [-0.4, -0.2) is 44.5 Å². The number of carbonyl (C=O) groups is 3. The third-order valence-electron chi connectivity index (χ3n) is 7.06. The van der Waals surface area contributed by atoms with Crippen molar-refractivity contribution in [2.45, 2.75) is 43.9 Å². The largest absolute Gasteiger partial charge is 0.496 e. The Labute approximate surface area is 213 Å². The zero-order valence-corrected chi connectivity index (χ0v) is 21.1. The molecule has 0 saturated heterocycles. The molecule has 0 spiro atoms. The maximum Gasteiger partial charge on any atom is 0.255 e. The highest BCUT2D eigenvalue weighted by Crippen LogP contribution is 2.42. The monoisotopic (exact) mass is 491 g/mol. The first kappa shape index (κ1) is 27.0. The van der Waals surface area contributed by atoms with Crippen LogP contribution in [0.2, 0.25) is 0 Å². The first-order chi connectivity index (χ1) is 17.5. The molecule has 3 rings (SSSR count). The van der Waals surface area contributed by atoms with Crippen LogP contribution in [0.4, 0.5) is 0 Å². The van der Waals surface area contributed by atoms with Crippen LogP contribution in [0.5, 0.6) is 5.75 Å². The van der Waals surface area contributed by atoms with Crippen molar-refractivity contribution in [2.24, 2.45) is 5.92 Å². The fourth-order valence-electron chi connectivity index (χ4n) is 4.91. The molecule has 2 aromatic carbocycles. The molecule has 0 heterocycles. The fraction of sp³-hybridized carbons (Fsp3) is 0.414. The Hall–Kier alpha value is -3.61. The van der Waals surface area contributed by atoms with E-state index in [-0.39, 0.29) is 29.7 Å². The number of carbonyl (C=O) groups excluding carboxylic acids is 3. The van der Waals surface area contributed by atoms with Gasteiger partial charge in [-0.05, 0) is 55.7 Å². The van der Waals surface area contributed by atoms with Gasteiger partial charge in [0.05, 0.1) is 19.2 Å². The topological polar surface area (TPSA) is 96.5 Å². The Bertz CT molecular complexity index is 1030. The Morgan fingerprint density at radius 3 is 2.36 bits per heavy atom. The summed E-state index contributed by atoms with van der Waals surface area (Å²) < 4.78 is 5.36. The highest BCUT2D eigenvalue weighted by molar-refractivity contribution is 5.97. The van der Waals surface area contributed by atoms with E-state index in [0.717, 1.165) is 32.1 Å². The van der Waals surface area contributed by atoms with Crippen LogP contribution < -0.4 is 20.7 Å². The van der Waals surface area contributed by atoms with Crippen molar-refractivity contribution < 1.29 is 19.1 Å². The zero-order valence-electron chi connectivity index (χ0n) is 21.1. The molecule has 1 aliphatic rings. The second kappa shape index (κ2) is 13.5. The second-order valence-electron chi connectivity index (χ2n) is 9.38. The van der Waals surface area contributed by atoms with Gasteiger partial charge in [-0.3, -0.25) is 14.4 Å². The lowest BCUT2D eigenvalue weighted by Gasteiger charge is -2.41. The van der Waals surface area contributed by atoms with E-state index in [1.807, 2.05) is 30.3 Å². The van der Waals surface area contributed by atoms with E-state index in [1.165, 1.54) is 5.56 Å². The normalized spacial score (nSPS) is 19.1. The number of amides is 3. The first-order valence-electron chi connectivity index (χ1n) is 12.6. The highest BCUT2D eigenvalue weighted by atomic mass is 16.5. The summed E-state index contributed by atoms with van der Waals surface area (Å²) in [4.78, 5) is 36.8. The van der Waals surface area contributed by atoms with Crippen LogP contribution in [0.1, 0.15) is 54.4 Å².